The summed E-state index contributed by atoms with van der Waals surface area (Å²) in [5.41, 5.74) is 0.0937. The van der Waals surface area contributed by atoms with Gasteiger partial charge in [-0.25, -0.2) is 4.98 Å². The predicted molar refractivity (Wildman–Crippen MR) is 63.3 cm³/mol. The van der Waals surface area contributed by atoms with Gasteiger partial charge in [0.1, 0.15) is 5.82 Å². The van der Waals surface area contributed by atoms with Gasteiger partial charge in [-0.05, 0) is 12.1 Å². The Balaban J connectivity index is 2.50. The van der Waals surface area contributed by atoms with Gasteiger partial charge < -0.3 is 10.1 Å². The molecule has 5 nitrogen and oxygen atoms in total. The molecule has 2 N–H and O–H groups in total. The molecule has 0 radical (unpaired) electrons. The van der Waals surface area contributed by atoms with E-state index in [0.717, 1.165) is 0 Å². The minimum atomic E-state index is -0.938. The summed E-state index contributed by atoms with van der Waals surface area (Å²) in [6.07, 6.45) is 0.0879. The van der Waals surface area contributed by atoms with Gasteiger partial charge in [0.15, 0.2) is 0 Å². The van der Waals surface area contributed by atoms with E-state index in [-0.39, 0.29) is 18.4 Å². The predicted octanol–water partition coefficient (Wildman–Crippen LogP) is 1.59. The molecule has 0 atom stereocenters. The number of halogens is 1. The second-order valence-electron chi connectivity index (χ2n) is 3.54. The maximum Gasteiger partial charge on any atom is 0.303 e. The molecule has 0 unspecified atom stereocenters. The molecule has 1 aromatic heterocycles. The fourth-order valence-corrected chi connectivity index (χ4v) is 1.73. The van der Waals surface area contributed by atoms with E-state index in [4.69, 9.17) is 16.7 Å². The Kier molecular flexibility index (Phi) is 3.10. The van der Waals surface area contributed by atoms with Gasteiger partial charge in [-0.3, -0.25) is 9.59 Å². The lowest BCUT2D eigenvalue weighted by Gasteiger charge is -2.02. The van der Waals surface area contributed by atoms with Crippen molar-refractivity contribution in [1.29, 1.82) is 0 Å². The van der Waals surface area contributed by atoms with Gasteiger partial charge in [0, 0.05) is 6.42 Å². The van der Waals surface area contributed by atoms with E-state index < -0.39 is 5.97 Å². The summed E-state index contributed by atoms with van der Waals surface area (Å²) in [6, 6.07) is 4.92. The molecule has 1 heterocycles. The number of para-hydroxylation sites is 1. The number of carbonyl (C=O) groups is 1. The van der Waals surface area contributed by atoms with E-state index in [1.807, 2.05) is 0 Å². The Bertz CT molecular complexity index is 636. The van der Waals surface area contributed by atoms with Crippen LogP contribution in [0.2, 0.25) is 5.02 Å². The molecule has 0 amide bonds. The van der Waals surface area contributed by atoms with Crippen LogP contribution in [-0.2, 0) is 11.2 Å². The molecular formula is C11H9ClN2O3. The van der Waals surface area contributed by atoms with E-state index >= 15 is 0 Å². The molecule has 0 saturated heterocycles. The topological polar surface area (TPSA) is 83.0 Å². The summed E-state index contributed by atoms with van der Waals surface area (Å²) in [5.74, 6) is -0.607. The van der Waals surface area contributed by atoms with Crippen LogP contribution in [0.25, 0.3) is 10.9 Å². The van der Waals surface area contributed by atoms with Gasteiger partial charge in [0.2, 0.25) is 0 Å². The first-order valence-electron chi connectivity index (χ1n) is 4.97. The number of benzene rings is 1. The van der Waals surface area contributed by atoms with Crippen molar-refractivity contribution in [2.75, 3.05) is 0 Å². The standard InChI is InChI=1S/C11H9ClN2O3/c12-7-3-1-2-6-10(7)13-8(14-11(6)17)4-5-9(15)16/h1-3H,4-5H2,(H,15,16)(H,13,14,17). The van der Waals surface area contributed by atoms with Crippen molar-refractivity contribution in [1.82, 2.24) is 9.97 Å². The number of carboxylic acids is 1. The lowest BCUT2D eigenvalue weighted by atomic mass is 10.2. The van der Waals surface area contributed by atoms with Gasteiger partial charge >= 0.3 is 5.97 Å². The molecule has 2 rings (SSSR count). The Hall–Kier alpha value is -1.88. The van der Waals surface area contributed by atoms with Crippen molar-refractivity contribution in [2.24, 2.45) is 0 Å². The van der Waals surface area contributed by atoms with E-state index in [0.29, 0.717) is 21.7 Å². The molecule has 1 aromatic carbocycles. The highest BCUT2D eigenvalue weighted by atomic mass is 35.5. The number of nitrogens with zero attached hydrogens (tertiary/aromatic N) is 1. The smallest absolute Gasteiger partial charge is 0.303 e. The van der Waals surface area contributed by atoms with Crippen LogP contribution in [0, 0.1) is 0 Å². The highest BCUT2D eigenvalue weighted by molar-refractivity contribution is 6.34. The fourth-order valence-electron chi connectivity index (χ4n) is 1.52. The molecule has 0 saturated carbocycles. The summed E-state index contributed by atoms with van der Waals surface area (Å²) >= 11 is 5.93. The largest absolute Gasteiger partial charge is 0.481 e. The quantitative estimate of drug-likeness (QED) is 0.869. The van der Waals surface area contributed by atoms with Crippen molar-refractivity contribution < 1.29 is 9.90 Å². The van der Waals surface area contributed by atoms with Crippen LogP contribution in [0.3, 0.4) is 0 Å². The number of aromatic amines is 1. The van der Waals surface area contributed by atoms with Crippen molar-refractivity contribution >= 4 is 28.5 Å². The maximum absolute atomic E-state index is 11.7. The molecule has 2 aromatic rings. The zero-order chi connectivity index (χ0) is 12.4. The number of hydrogen-bond donors (Lipinski definition) is 2. The Morgan fingerprint density at radius 2 is 2.24 bits per heavy atom. The zero-order valence-electron chi connectivity index (χ0n) is 8.74. The molecule has 6 heteroatoms. The summed E-state index contributed by atoms with van der Waals surface area (Å²) in [7, 11) is 0. The van der Waals surface area contributed by atoms with Gasteiger partial charge in [0.25, 0.3) is 5.56 Å². The Morgan fingerprint density at radius 1 is 1.47 bits per heavy atom. The summed E-state index contributed by atoms with van der Waals surface area (Å²) < 4.78 is 0. The molecule has 88 valence electrons. The van der Waals surface area contributed by atoms with Gasteiger partial charge in [-0.1, -0.05) is 17.7 Å². The minimum Gasteiger partial charge on any atom is -0.481 e. The van der Waals surface area contributed by atoms with Crippen LogP contribution in [0.5, 0.6) is 0 Å². The lowest BCUT2D eigenvalue weighted by Crippen LogP contribution is -2.13. The molecule has 0 bridgehead atoms. The molecule has 0 aliphatic carbocycles. The second kappa shape index (κ2) is 4.55. The first kappa shape index (κ1) is 11.6. The van der Waals surface area contributed by atoms with Gasteiger partial charge in [0.05, 0.1) is 22.3 Å². The van der Waals surface area contributed by atoms with Crippen LogP contribution in [0.1, 0.15) is 12.2 Å². The van der Waals surface area contributed by atoms with E-state index in [1.165, 1.54) is 0 Å². The summed E-state index contributed by atoms with van der Waals surface area (Å²) in [4.78, 5) is 28.8. The third kappa shape index (κ3) is 2.45. The number of H-pyrrole nitrogens is 1. The van der Waals surface area contributed by atoms with Crippen LogP contribution >= 0.6 is 11.6 Å². The number of aliphatic carboxylic acids is 1. The average Bonchev–Trinajstić information content (AvgIpc) is 2.28. The van der Waals surface area contributed by atoms with Gasteiger partial charge in [-0.2, -0.15) is 0 Å². The van der Waals surface area contributed by atoms with Crippen molar-refractivity contribution in [2.45, 2.75) is 12.8 Å². The molecule has 0 spiro atoms. The van der Waals surface area contributed by atoms with Crippen molar-refractivity contribution in [3.05, 3.63) is 39.4 Å². The third-order valence-electron chi connectivity index (χ3n) is 2.31. The molecule has 0 aliphatic rings. The Labute approximate surface area is 101 Å². The summed E-state index contributed by atoms with van der Waals surface area (Å²) in [5, 5.41) is 9.35. The molecular weight excluding hydrogens is 244 g/mol. The molecule has 17 heavy (non-hydrogen) atoms. The van der Waals surface area contributed by atoms with E-state index in [1.54, 1.807) is 18.2 Å². The number of carboxylic acid groups (broad SMARTS) is 1. The highest BCUT2D eigenvalue weighted by Gasteiger charge is 2.07. The SMILES string of the molecule is O=C(O)CCc1nc2c(Cl)cccc2c(=O)[nH]1. The minimum absolute atomic E-state index is 0.0844. The number of rotatable bonds is 3. The molecule has 0 aliphatic heterocycles. The van der Waals surface area contributed by atoms with Gasteiger partial charge in [-0.15, -0.1) is 0 Å². The number of nitrogens with one attached hydrogen (secondary N) is 1. The number of hydrogen-bond acceptors (Lipinski definition) is 3. The normalized spacial score (nSPS) is 10.6. The van der Waals surface area contributed by atoms with Crippen molar-refractivity contribution in [3.63, 3.8) is 0 Å². The van der Waals surface area contributed by atoms with Crippen LogP contribution < -0.4 is 5.56 Å². The number of fused-ring (bicyclic) bond motifs is 1. The third-order valence-corrected chi connectivity index (χ3v) is 2.62. The molecule has 0 fully saturated rings. The van der Waals surface area contributed by atoms with E-state index in [2.05, 4.69) is 9.97 Å². The zero-order valence-corrected chi connectivity index (χ0v) is 9.49. The Morgan fingerprint density at radius 3 is 2.94 bits per heavy atom. The van der Waals surface area contributed by atoms with Crippen LogP contribution in [-0.4, -0.2) is 21.0 Å². The number of aromatic nitrogens is 2. The monoisotopic (exact) mass is 252 g/mol. The first-order chi connectivity index (χ1) is 8.08. The fraction of sp³-hybridized carbons (Fsp3) is 0.182. The maximum atomic E-state index is 11.7. The highest BCUT2D eigenvalue weighted by Crippen LogP contribution is 2.18. The van der Waals surface area contributed by atoms with Crippen LogP contribution in [0.15, 0.2) is 23.0 Å². The average molecular weight is 253 g/mol. The van der Waals surface area contributed by atoms with Crippen LogP contribution in [0.4, 0.5) is 0 Å². The second-order valence-corrected chi connectivity index (χ2v) is 3.95. The number of aryl methyl sites for hydroxylation is 1. The summed E-state index contributed by atoms with van der Waals surface area (Å²) in [6.45, 7) is 0. The lowest BCUT2D eigenvalue weighted by molar-refractivity contribution is -0.137. The van der Waals surface area contributed by atoms with E-state index in [9.17, 15) is 9.59 Å². The first-order valence-corrected chi connectivity index (χ1v) is 5.35. The van der Waals surface area contributed by atoms with Crippen molar-refractivity contribution in [3.8, 4) is 0 Å².